The lowest BCUT2D eigenvalue weighted by atomic mass is 9.94. The predicted octanol–water partition coefficient (Wildman–Crippen LogP) is 2.18. The number of carbonyl (C=O) groups is 1. The van der Waals surface area contributed by atoms with E-state index in [0.717, 1.165) is 31.6 Å². The van der Waals surface area contributed by atoms with Crippen molar-refractivity contribution in [1.29, 1.82) is 0 Å². The van der Waals surface area contributed by atoms with Crippen LogP contribution in [0.25, 0.3) is 10.4 Å². The monoisotopic (exact) mass is 329 g/mol. The molecule has 1 aliphatic carbocycles. The average Bonchev–Trinajstić information content (AvgIpc) is 2.98. The van der Waals surface area contributed by atoms with E-state index in [9.17, 15) is 4.79 Å². The minimum Gasteiger partial charge on any atom is -0.379 e. The first kappa shape index (κ1) is 14.8. The van der Waals surface area contributed by atoms with Crippen LogP contribution in [0.3, 0.4) is 0 Å². The molecule has 120 valence electrons. The number of aryl methyl sites for hydroxylation is 2. The Labute approximate surface area is 139 Å². The minimum absolute atomic E-state index is 0.00582. The number of hydrogen-bond acceptors (Lipinski definition) is 5. The molecule has 5 nitrogen and oxygen atoms in total. The Bertz CT molecular complexity index is 722. The number of nitrogens with zero attached hydrogens (tertiary/aromatic N) is 2. The van der Waals surface area contributed by atoms with Gasteiger partial charge in [0, 0.05) is 13.1 Å². The molecule has 1 aromatic carbocycles. The largest absolute Gasteiger partial charge is 0.379 e. The maximum Gasteiger partial charge on any atom is 0.240 e. The second-order valence-electron chi connectivity index (χ2n) is 5.89. The molecule has 1 N–H and O–H groups in total. The molecule has 6 heteroatoms. The third-order valence-electron chi connectivity index (χ3n) is 4.31. The first-order valence-electron chi connectivity index (χ1n) is 7.97. The third kappa shape index (κ3) is 3.15. The number of morpholine rings is 1. The number of ether oxygens (including phenoxy) is 1. The summed E-state index contributed by atoms with van der Waals surface area (Å²) in [5.74, 6) is 0.00582. The first-order valence-corrected chi connectivity index (χ1v) is 8.79. The quantitative estimate of drug-likeness (QED) is 0.938. The number of anilines is 1. The first-order chi connectivity index (χ1) is 11.3. The Kier molecular flexibility index (Phi) is 4.11. The molecule has 2 aliphatic rings. The maximum absolute atomic E-state index is 12.2. The molecule has 0 saturated carbocycles. The normalized spacial score (nSPS) is 17.4. The molecule has 1 saturated heterocycles. The number of thiazole rings is 1. The van der Waals surface area contributed by atoms with E-state index in [1.807, 2.05) is 0 Å². The van der Waals surface area contributed by atoms with Crippen LogP contribution in [0.4, 0.5) is 5.13 Å². The highest BCUT2D eigenvalue weighted by atomic mass is 32.1. The van der Waals surface area contributed by atoms with E-state index >= 15 is 0 Å². The van der Waals surface area contributed by atoms with Crippen molar-refractivity contribution >= 4 is 22.4 Å². The second kappa shape index (κ2) is 6.39. The van der Waals surface area contributed by atoms with Crippen molar-refractivity contribution in [1.82, 2.24) is 9.88 Å². The SMILES string of the molecule is O=C(CN1CCOCC1)Nc1nc2c(s1)-c1ccccc1CC2. The van der Waals surface area contributed by atoms with Gasteiger partial charge in [-0.05, 0) is 24.0 Å². The van der Waals surface area contributed by atoms with Crippen LogP contribution in [0, 0.1) is 0 Å². The van der Waals surface area contributed by atoms with Gasteiger partial charge in [-0.2, -0.15) is 0 Å². The van der Waals surface area contributed by atoms with Gasteiger partial charge >= 0.3 is 0 Å². The van der Waals surface area contributed by atoms with Gasteiger partial charge in [-0.3, -0.25) is 9.69 Å². The highest BCUT2D eigenvalue weighted by Gasteiger charge is 2.21. The van der Waals surface area contributed by atoms with Crippen molar-refractivity contribution in [3.05, 3.63) is 35.5 Å². The van der Waals surface area contributed by atoms with Gasteiger partial charge in [0.05, 0.1) is 30.3 Å². The molecule has 2 aromatic rings. The molecular formula is C17H19N3O2S. The van der Waals surface area contributed by atoms with Crippen molar-refractivity contribution < 1.29 is 9.53 Å². The molecule has 4 rings (SSSR count). The molecule has 1 aromatic heterocycles. The summed E-state index contributed by atoms with van der Waals surface area (Å²) in [5, 5.41) is 3.68. The van der Waals surface area contributed by atoms with Gasteiger partial charge in [0.1, 0.15) is 0 Å². The zero-order chi connectivity index (χ0) is 15.6. The molecule has 0 bridgehead atoms. The Morgan fingerprint density at radius 2 is 2.09 bits per heavy atom. The van der Waals surface area contributed by atoms with E-state index in [2.05, 4.69) is 39.5 Å². The van der Waals surface area contributed by atoms with Crippen LogP contribution in [0.1, 0.15) is 11.3 Å². The topological polar surface area (TPSA) is 54.5 Å². The van der Waals surface area contributed by atoms with Crippen molar-refractivity contribution in [3.8, 4) is 10.4 Å². The summed E-state index contributed by atoms with van der Waals surface area (Å²) >= 11 is 1.58. The molecular weight excluding hydrogens is 310 g/mol. The van der Waals surface area contributed by atoms with Gasteiger partial charge in [0.15, 0.2) is 5.13 Å². The molecule has 1 fully saturated rings. The fourth-order valence-corrected chi connectivity index (χ4v) is 4.21. The summed E-state index contributed by atoms with van der Waals surface area (Å²) < 4.78 is 5.30. The smallest absolute Gasteiger partial charge is 0.240 e. The summed E-state index contributed by atoms with van der Waals surface area (Å²) in [6, 6.07) is 8.46. The Hall–Kier alpha value is -1.76. The van der Waals surface area contributed by atoms with E-state index < -0.39 is 0 Å². The summed E-state index contributed by atoms with van der Waals surface area (Å²) in [6.07, 6.45) is 1.97. The number of benzene rings is 1. The van der Waals surface area contributed by atoms with Crippen LogP contribution < -0.4 is 5.32 Å². The third-order valence-corrected chi connectivity index (χ3v) is 5.35. The van der Waals surface area contributed by atoms with E-state index in [-0.39, 0.29) is 5.91 Å². The second-order valence-corrected chi connectivity index (χ2v) is 6.89. The van der Waals surface area contributed by atoms with Gasteiger partial charge in [-0.15, -0.1) is 0 Å². The van der Waals surface area contributed by atoms with E-state index in [4.69, 9.17) is 4.74 Å². The number of rotatable bonds is 3. The van der Waals surface area contributed by atoms with Crippen LogP contribution >= 0.6 is 11.3 Å². The zero-order valence-corrected chi connectivity index (χ0v) is 13.7. The number of nitrogens with one attached hydrogen (secondary N) is 1. The van der Waals surface area contributed by atoms with E-state index in [1.165, 1.54) is 16.0 Å². The Morgan fingerprint density at radius 3 is 2.96 bits per heavy atom. The predicted molar refractivity (Wildman–Crippen MR) is 90.8 cm³/mol. The summed E-state index contributed by atoms with van der Waals surface area (Å²) in [4.78, 5) is 20.2. The van der Waals surface area contributed by atoms with Crippen LogP contribution in [-0.4, -0.2) is 48.6 Å². The van der Waals surface area contributed by atoms with Gasteiger partial charge < -0.3 is 10.1 Å². The van der Waals surface area contributed by atoms with Gasteiger partial charge in [0.25, 0.3) is 0 Å². The zero-order valence-electron chi connectivity index (χ0n) is 12.9. The van der Waals surface area contributed by atoms with Crippen LogP contribution in [-0.2, 0) is 22.4 Å². The average molecular weight is 329 g/mol. The highest BCUT2D eigenvalue weighted by molar-refractivity contribution is 7.19. The summed E-state index contributed by atoms with van der Waals surface area (Å²) in [6.45, 7) is 3.44. The lowest BCUT2D eigenvalue weighted by Crippen LogP contribution is -2.41. The van der Waals surface area contributed by atoms with Crippen LogP contribution in [0.15, 0.2) is 24.3 Å². The number of hydrogen-bond donors (Lipinski definition) is 1. The lowest BCUT2D eigenvalue weighted by Gasteiger charge is -2.25. The van der Waals surface area contributed by atoms with Gasteiger partial charge in [0.2, 0.25) is 5.91 Å². The van der Waals surface area contributed by atoms with Crippen molar-refractivity contribution in [2.75, 3.05) is 38.2 Å². The number of amides is 1. The molecule has 0 radical (unpaired) electrons. The molecule has 0 atom stereocenters. The Balaban J connectivity index is 1.47. The van der Waals surface area contributed by atoms with Crippen molar-refractivity contribution in [3.63, 3.8) is 0 Å². The molecule has 1 amide bonds. The van der Waals surface area contributed by atoms with Crippen LogP contribution in [0.2, 0.25) is 0 Å². The summed E-state index contributed by atoms with van der Waals surface area (Å²) in [7, 11) is 0. The number of aromatic nitrogens is 1. The maximum atomic E-state index is 12.2. The van der Waals surface area contributed by atoms with E-state index in [1.54, 1.807) is 11.3 Å². The lowest BCUT2D eigenvalue weighted by molar-refractivity contribution is -0.118. The van der Waals surface area contributed by atoms with Gasteiger partial charge in [-0.25, -0.2) is 4.98 Å². The highest BCUT2D eigenvalue weighted by Crippen LogP contribution is 2.39. The Morgan fingerprint density at radius 1 is 1.26 bits per heavy atom. The fourth-order valence-electron chi connectivity index (χ4n) is 3.12. The number of fused-ring (bicyclic) bond motifs is 3. The number of carbonyl (C=O) groups excluding carboxylic acids is 1. The standard InChI is InChI=1S/C17H19N3O2S/c21-15(11-20-7-9-22-10-8-20)19-17-18-14-6-5-12-3-1-2-4-13(12)16(14)23-17/h1-4H,5-11H2,(H,18,19,21). The van der Waals surface area contributed by atoms with Crippen molar-refractivity contribution in [2.24, 2.45) is 0 Å². The van der Waals surface area contributed by atoms with Gasteiger partial charge in [-0.1, -0.05) is 35.6 Å². The molecule has 0 spiro atoms. The van der Waals surface area contributed by atoms with E-state index in [0.29, 0.717) is 24.9 Å². The fraction of sp³-hybridized carbons (Fsp3) is 0.412. The minimum atomic E-state index is 0.00582. The molecule has 2 heterocycles. The molecule has 0 unspecified atom stereocenters. The molecule has 23 heavy (non-hydrogen) atoms. The molecule has 1 aliphatic heterocycles. The van der Waals surface area contributed by atoms with Crippen molar-refractivity contribution in [2.45, 2.75) is 12.8 Å². The summed E-state index contributed by atoms with van der Waals surface area (Å²) in [5.41, 5.74) is 3.74. The van der Waals surface area contributed by atoms with Crippen LogP contribution in [0.5, 0.6) is 0 Å².